The quantitative estimate of drug-likeness (QED) is 0.581. The smallest absolute Gasteiger partial charge is 0.522 e. The molecule has 0 radical (unpaired) electrons. The van der Waals surface area contributed by atoms with Crippen LogP contribution in [0.5, 0.6) is 11.5 Å². The molecule has 8 nitrogen and oxygen atoms in total. The van der Waals surface area contributed by atoms with Gasteiger partial charge in [0.15, 0.2) is 0 Å². The monoisotopic (exact) mass is 348 g/mol. The number of carbonyl (C=O) groups is 2. The van der Waals surface area contributed by atoms with Gasteiger partial charge in [-0.1, -0.05) is 6.07 Å². The summed E-state index contributed by atoms with van der Waals surface area (Å²) in [7, 11) is -0.777. The van der Waals surface area contributed by atoms with Crippen molar-refractivity contribution < 1.29 is 29.1 Å². The van der Waals surface area contributed by atoms with Crippen LogP contribution in [0, 0.1) is 0 Å². The SMILES string of the molecule is O=C(CCO)NCC(=O)N1CC(Oc2ccc3c(c2)OB(O)CC3)C1. The van der Waals surface area contributed by atoms with Crippen LogP contribution in [0.4, 0.5) is 0 Å². The number of benzene rings is 1. The number of aliphatic hydroxyl groups is 1. The number of ether oxygens (including phenoxy) is 1. The zero-order valence-electron chi connectivity index (χ0n) is 13.8. The highest BCUT2D eigenvalue weighted by Crippen LogP contribution is 2.31. The Kier molecular flexibility index (Phi) is 5.45. The lowest BCUT2D eigenvalue weighted by Gasteiger charge is -2.39. The largest absolute Gasteiger partial charge is 0.536 e. The van der Waals surface area contributed by atoms with E-state index in [0.717, 1.165) is 12.0 Å². The summed E-state index contributed by atoms with van der Waals surface area (Å²) in [6.07, 6.45) is 1.24. The van der Waals surface area contributed by atoms with E-state index in [9.17, 15) is 14.6 Å². The molecule has 2 amide bonds. The number of carbonyl (C=O) groups excluding carboxylic acids is 2. The van der Waals surface area contributed by atoms with Gasteiger partial charge in [0.05, 0.1) is 26.2 Å². The average Bonchev–Trinajstić information content (AvgIpc) is 2.55. The number of amides is 2. The van der Waals surface area contributed by atoms with E-state index in [-0.39, 0.29) is 37.5 Å². The molecule has 1 saturated heterocycles. The molecule has 2 heterocycles. The number of hydrogen-bond donors (Lipinski definition) is 3. The molecule has 0 saturated carbocycles. The van der Waals surface area contributed by atoms with Gasteiger partial charge in [-0.3, -0.25) is 9.59 Å². The van der Waals surface area contributed by atoms with Crippen molar-refractivity contribution in [2.75, 3.05) is 26.2 Å². The molecule has 0 atom stereocenters. The Hall–Kier alpha value is -2.26. The zero-order valence-corrected chi connectivity index (χ0v) is 13.8. The van der Waals surface area contributed by atoms with Crippen LogP contribution in [0.25, 0.3) is 0 Å². The molecule has 0 unspecified atom stereocenters. The minimum Gasteiger partial charge on any atom is -0.536 e. The van der Waals surface area contributed by atoms with Gasteiger partial charge in [0.1, 0.15) is 17.6 Å². The first-order chi connectivity index (χ1) is 12.0. The summed E-state index contributed by atoms with van der Waals surface area (Å²) in [5.74, 6) is 0.750. The fourth-order valence-electron chi connectivity index (χ4n) is 2.79. The van der Waals surface area contributed by atoms with Crippen molar-refractivity contribution in [3.05, 3.63) is 23.8 Å². The van der Waals surface area contributed by atoms with Crippen molar-refractivity contribution in [3.8, 4) is 11.5 Å². The average molecular weight is 348 g/mol. The number of fused-ring (bicyclic) bond motifs is 1. The Bertz CT molecular complexity index is 650. The van der Waals surface area contributed by atoms with Crippen LogP contribution in [-0.4, -0.2) is 66.3 Å². The Morgan fingerprint density at radius 3 is 2.96 bits per heavy atom. The Morgan fingerprint density at radius 1 is 1.40 bits per heavy atom. The highest BCUT2D eigenvalue weighted by molar-refractivity contribution is 6.44. The third-order valence-corrected chi connectivity index (χ3v) is 4.24. The van der Waals surface area contributed by atoms with Crippen molar-refractivity contribution in [2.24, 2.45) is 0 Å². The summed E-state index contributed by atoms with van der Waals surface area (Å²) in [5, 5.41) is 20.7. The second-order valence-electron chi connectivity index (χ2n) is 6.17. The van der Waals surface area contributed by atoms with Gasteiger partial charge < -0.3 is 29.7 Å². The molecule has 1 aromatic carbocycles. The van der Waals surface area contributed by atoms with Crippen molar-refractivity contribution in [3.63, 3.8) is 0 Å². The molecular weight excluding hydrogens is 327 g/mol. The van der Waals surface area contributed by atoms with Gasteiger partial charge in [-0.2, -0.15) is 0 Å². The molecule has 9 heteroatoms. The molecular formula is C16H21BN2O6. The zero-order chi connectivity index (χ0) is 17.8. The molecule has 0 bridgehead atoms. The molecule has 134 valence electrons. The Morgan fingerprint density at radius 2 is 2.20 bits per heavy atom. The van der Waals surface area contributed by atoms with Gasteiger partial charge in [-0.05, 0) is 24.4 Å². The second-order valence-corrected chi connectivity index (χ2v) is 6.17. The fourth-order valence-corrected chi connectivity index (χ4v) is 2.79. The van der Waals surface area contributed by atoms with Crippen LogP contribution in [0.15, 0.2) is 18.2 Å². The van der Waals surface area contributed by atoms with Crippen molar-refractivity contribution in [1.29, 1.82) is 0 Å². The van der Waals surface area contributed by atoms with E-state index >= 15 is 0 Å². The third kappa shape index (κ3) is 4.43. The lowest BCUT2D eigenvalue weighted by Crippen LogP contribution is -2.58. The van der Waals surface area contributed by atoms with Crippen LogP contribution in [0.2, 0.25) is 6.32 Å². The van der Waals surface area contributed by atoms with Crippen LogP contribution < -0.4 is 14.7 Å². The Balaban J connectivity index is 1.44. The number of hydrogen-bond acceptors (Lipinski definition) is 6. The third-order valence-electron chi connectivity index (χ3n) is 4.24. The van der Waals surface area contributed by atoms with E-state index in [1.807, 2.05) is 12.1 Å². The van der Waals surface area contributed by atoms with Gasteiger partial charge in [-0.15, -0.1) is 0 Å². The summed E-state index contributed by atoms with van der Waals surface area (Å²) in [6, 6.07) is 5.55. The van der Waals surface area contributed by atoms with Gasteiger partial charge in [0.2, 0.25) is 11.8 Å². The molecule has 1 aromatic rings. The standard InChI is InChI=1S/C16H21BN2O6/c20-6-4-15(21)18-8-16(22)19-9-13(10-19)24-12-2-1-11-3-5-17(23)25-14(11)7-12/h1-2,7,13,20,23H,3-6,8-10H2,(H,18,21). The van der Waals surface area contributed by atoms with Gasteiger partial charge in [-0.25, -0.2) is 0 Å². The molecule has 2 aliphatic rings. The van der Waals surface area contributed by atoms with Gasteiger partial charge >= 0.3 is 7.12 Å². The minimum absolute atomic E-state index is 0.00584. The van der Waals surface area contributed by atoms with E-state index in [0.29, 0.717) is 30.9 Å². The normalized spacial score (nSPS) is 16.6. The van der Waals surface area contributed by atoms with Crippen LogP contribution in [0.3, 0.4) is 0 Å². The van der Waals surface area contributed by atoms with Crippen molar-refractivity contribution >= 4 is 18.9 Å². The summed E-state index contributed by atoms with van der Waals surface area (Å²) in [6.45, 7) is 0.599. The summed E-state index contributed by atoms with van der Waals surface area (Å²) in [4.78, 5) is 24.7. The summed E-state index contributed by atoms with van der Waals surface area (Å²) in [5.41, 5.74) is 1.04. The highest BCUT2D eigenvalue weighted by atomic mass is 16.5. The molecule has 0 spiro atoms. The first-order valence-corrected chi connectivity index (χ1v) is 8.35. The number of rotatable bonds is 6. The number of nitrogens with zero attached hydrogens (tertiary/aromatic N) is 1. The van der Waals surface area contributed by atoms with E-state index in [2.05, 4.69) is 5.32 Å². The van der Waals surface area contributed by atoms with Gasteiger partial charge in [0, 0.05) is 12.5 Å². The predicted octanol–water partition coefficient (Wildman–Crippen LogP) is -0.810. The van der Waals surface area contributed by atoms with Crippen molar-refractivity contribution in [1.82, 2.24) is 10.2 Å². The van der Waals surface area contributed by atoms with Crippen LogP contribution in [-0.2, 0) is 16.0 Å². The predicted molar refractivity (Wildman–Crippen MR) is 89.3 cm³/mol. The lowest BCUT2D eigenvalue weighted by molar-refractivity contribution is -0.140. The number of aliphatic hydroxyl groups excluding tert-OH is 1. The molecule has 25 heavy (non-hydrogen) atoms. The van der Waals surface area contributed by atoms with Crippen LogP contribution >= 0.6 is 0 Å². The van der Waals surface area contributed by atoms with Gasteiger partial charge in [0.25, 0.3) is 0 Å². The topological polar surface area (TPSA) is 108 Å². The van der Waals surface area contributed by atoms with Crippen molar-refractivity contribution in [2.45, 2.75) is 25.3 Å². The fraction of sp³-hybridized carbons (Fsp3) is 0.500. The van der Waals surface area contributed by atoms with E-state index < -0.39 is 7.12 Å². The van der Waals surface area contributed by atoms with Crippen LogP contribution in [0.1, 0.15) is 12.0 Å². The molecule has 0 aliphatic carbocycles. The first kappa shape index (κ1) is 17.6. The van der Waals surface area contributed by atoms with E-state index in [1.54, 1.807) is 11.0 Å². The second kappa shape index (κ2) is 7.75. The molecule has 2 aliphatic heterocycles. The highest BCUT2D eigenvalue weighted by Gasteiger charge is 2.32. The molecule has 0 aromatic heterocycles. The maximum Gasteiger partial charge on any atom is 0.522 e. The molecule has 3 rings (SSSR count). The summed E-state index contributed by atoms with van der Waals surface area (Å²) < 4.78 is 11.2. The number of likely N-dealkylation sites (tertiary alicyclic amines) is 1. The minimum atomic E-state index is -0.777. The summed E-state index contributed by atoms with van der Waals surface area (Å²) >= 11 is 0. The van der Waals surface area contributed by atoms with E-state index in [4.69, 9.17) is 14.5 Å². The molecule has 3 N–H and O–H groups in total. The lowest BCUT2D eigenvalue weighted by atomic mass is 9.79. The molecule has 1 fully saturated rings. The number of nitrogens with one attached hydrogen (secondary N) is 1. The first-order valence-electron chi connectivity index (χ1n) is 8.35. The maximum absolute atomic E-state index is 11.9. The van der Waals surface area contributed by atoms with E-state index in [1.165, 1.54) is 0 Å². The number of aryl methyl sites for hydroxylation is 1. The Labute approximate surface area is 145 Å². The maximum atomic E-state index is 11.9.